The van der Waals surface area contributed by atoms with E-state index in [1.165, 1.54) is 17.0 Å². The summed E-state index contributed by atoms with van der Waals surface area (Å²) >= 11 is 0. The Balaban J connectivity index is 1.94. The third-order valence-electron chi connectivity index (χ3n) is 3.53. The SMILES string of the molecule is CCCn1cncc1CNCc1c(C)nn(C)c1C. The van der Waals surface area contributed by atoms with Crippen molar-refractivity contribution in [2.75, 3.05) is 0 Å². The van der Waals surface area contributed by atoms with Crippen LogP contribution in [0.15, 0.2) is 12.5 Å². The predicted octanol–water partition coefficient (Wildman–Crippen LogP) is 1.93. The molecule has 0 aliphatic carbocycles. The van der Waals surface area contributed by atoms with E-state index in [9.17, 15) is 0 Å². The molecule has 0 aliphatic rings. The summed E-state index contributed by atoms with van der Waals surface area (Å²) in [5, 5.41) is 7.92. The Morgan fingerprint density at radius 1 is 1.26 bits per heavy atom. The molecule has 2 aromatic heterocycles. The van der Waals surface area contributed by atoms with Gasteiger partial charge in [-0.15, -0.1) is 0 Å². The maximum atomic E-state index is 4.43. The molecule has 0 fully saturated rings. The minimum absolute atomic E-state index is 0.841. The van der Waals surface area contributed by atoms with Crippen LogP contribution in [0, 0.1) is 13.8 Å². The summed E-state index contributed by atoms with van der Waals surface area (Å²) < 4.78 is 4.14. The lowest BCUT2D eigenvalue weighted by Crippen LogP contribution is -2.16. The third-order valence-corrected chi connectivity index (χ3v) is 3.53. The Morgan fingerprint density at radius 2 is 2.05 bits per heavy atom. The molecule has 0 saturated carbocycles. The number of nitrogens with one attached hydrogen (secondary N) is 1. The molecule has 5 nitrogen and oxygen atoms in total. The van der Waals surface area contributed by atoms with Crippen molar-refractivity contribution in [3.8, 4) is 0 Å². The van der Waals surface area contributed by atoms with E-state index < -0.39 is 0 Å². The maximum absolute atomic E-state index is 4.43. The van der Waals surface area contributed by atoms with Gasteiger partial charge in [-0.3, -0.25) is 4.68 Å². The van der Waals surface area contributed by atoms with Crippen molar-refractivity contribution >= 4 is 0 Å². The Kier molecular flexibility index (Phi) is 4.37. The first-order valence-corrected chi connectivity index (χ1v) is 6.82. The van der Waals surface area contributed by atoms with Crippen LogP contribution in [-0.2, 0) is 26.7 Å². The van der Waals surface area contributed by atoms with Crippen LogP contribution in [0.3, 0.4) is 0 Å². The molecular weight excluding hydrogens is 238 g/mol. The number of rotatable bonds is 6. The molecule has 2 aromatic rings. The molecule has 1 N–H and O–H groups in total. The molecule has 2 rings (SSSR count). The summed E-state index contributed by atoms with van der Waals surface area (Å²) in [6, 6.07) is 0. The summed E-state index contributed by atoms with van der Waals surface area (Å²) in [6.07, 6.45) is 4.97. The van der Waals surface area contributed by atoms with Crippen molar-refractivity contribution < 1.29 is 0 Å². The van der Waals surface area contributed by atoms with Crippen molar-refractivity contribution in [3.63, 3.8) is 0 Å². The summed E-state index contributed by atoms with van der Waals surface area (Å²) in [5.41, 5.74) is 4.87. The highest BCUT2D eigenvalue weighted by molar-refractivity contribution is 5.24. The highest BCUT2D eigenvalue weighted by atomic mass is 15.3. The summed E-state index contributed by atoms with van der Waals surface area (Å²) in [6.45, 7) is 9.07. The number of aromatic nitrogens is 4. The van der Waals surface area contributed by atoms with Crippen molar-refractivity contribution in [3.05, 3.63) is 35.2 Å². The van der Waals surface area contributed by atoms with Crippen LogP contribution in [0.1, 0.15) is 36.0 Å². The first-order valence-electron chi connectivity index (χ1n) is 6.82. The van der Waals surface area contributed by atoms with Gasteiger partial charge < -0.3 is 9.88 Å². The fraction of sp³-hybridized carbons (Fsp3) is 0.571. The van der Waals surface area contributed by atoms with E-state index >= 15 is 0 Å². The molecule has 2 heterocycles. The molecule has 0 aromatic carbocycles. The van der Waals surface area contributed by atoms with Gasteiger partial charge in [-0.1, -0.05) is 6.92 Å². The molecule has 0 saturated heterocycles. The predicted molar refractivity (Wildman–Crippen MR) is 75.7 cm³/mol. The topological polar surface area (TPSA) is 47.7 Å². The van der Waals surface area contributed by atoms with Crippen molar-refractivity contribution in [1.29, 1.82) is 0 Å². The first kappa shape index (κ1) is 13.8. The largest absolute Gasteiger partial charge is 0.333 e. The molecule has 0 radical (unpaired) electrons. The van der Waals surface area contributed by atoms with E-state index in [-0.39, 0.29) is 0 Å². The molecule has 0 unspecified atom stereocenters. The van der Waals surface area contributed by atoms with E-state index in [0.29, 0.717) is 0 Å². The van der Waals surface area contributed by atoms with Crippen molar-refractivity contribution in [2.24, 2.45) is 7.05 Å². The van der Waals surface area contributed by atoms with Gasteiger partial charge in [-0.2, -0.15) is 5.10 Å². The zero-order valence-electron chi connectivity index (χ0n) is 12.3. The van der Waals surface area contributed by atoms with Gasteiger partial charge in [-0.05, 0) is 20.3 Å². The average Bonchev–Trinajstić information content (AvgIpc) is 2.90. The maximum Gasteiger partial charge on any atom is 0.0948 e. The van der Waals surface area contributed by atoms with Gasteiger partial charge in [-0.25, -0.2) is 4.98 Å². The van der Waals surface area contributed by atoms with Crippen LogP contribution in [0.2, 0.25) is 0 Å². The minimum Gasteiger partial charge on any atom is -0.333 e. The fourth-order valence-electron chi connectivity index (χ4n) is 2.33. The average molecular weight is 261 g/mol. The van der Waals surface area contributed by atoms with Gasteiger partial charge in [0.25, 0.3) is 0 Å². The van der Waals surface area contributed by atoms with E-state index in [2.05, 4.69) is 40.7 Å². The number of hydrogen-bond acceptors (Lipinski definition) is 3. The second kappa shape index (κ2) is 6.02. The summed E-state index contributed by atoms with van der Waals surface area (Å²) in [5.74, 6) is 0. The third kappa shape index (κ3) is 3.04. The number of hydrogen-bond donors (Lipinski definition) is 1. The highest BCUT2D eigenvalue weighted by Crippen LogP contribution is 2.11. The second-order valence-electron chi connectivity index (χ2n) is 4.95. The fourth-order valence-corrected chi connectivity index (χ4v) is 2.33. The normalized spacial score (nSPS) is 11.2. The van der Waals surface area contributed by atoms with Crippen molar-refractivity contribution in [2.45, 2.75) is 46.8 Å². The second-order valence-corrected chi connectivity index (χ2v) is 4.95. The number of aryl methyl sites for hydroxylation is 3. The standard InChI is InChI=1S/C14H23N5/c1-5-6-19-10-16-8-13(19)7-15-9-14-11(2)17-18(4)12(14)3/h8,10,15H,5-7,9H2,1-4H3. The van der Waals surface area contributed by atoms with E-state index in [1.54, 1.807) is 0 Å². The number of imidazole rings is 1. The lowest BCUT2D eigenvalue weighted by Gasteiger charge is -2.08. The van der Waals surface area contributed by atoms with E-state index in [4.69, 9.17) is 0 Å². The van der Waals surface area contributed by atoms with E-state index in [1.807, 2.05) is 24.3 Å². The smallest absolute Gasteiger partial charge is 0.0948 e. The molecular formula is C14H23N5. The Hall–Kier alpha value is -1.62. The zero-order valence-corrected chi connectivity index (χ0v) is 12.3. The summed E-state index contributed by atoms with van der Waals surface area (Å²) in [4.78, 5) is 4.21. The van der Waals surface area contributed by atoms with E-state index in [0.717, 1.165) is 31.7 Å². The molecule has 104 valence electrons. The molecule has 0 amide bonds. The Labute approximate surface area is 114 Å². The molecule has 19 heavy (non-hydrogen) atoms. The highest BCUT2D eigenvalue weighted by Gasteiger charge is 2.09. The van der Waals surface area contributed by atoms with Gasteiger partial charge in [0, 0.05) is 44.1 Å². The van der Waals surface area contributed by atoms with Crippen LogP contribution < -0.4 is 5.32 Å². The Morgan fingerprint density at radius 3 is 2.68 bits per heavy atom. The van der Waals surface area contributed by atoms with Gasteiger partial charge in [0.2, 0.25) is 0 Å². The van der Waals surface area contributed by atoms with Crippen LogP contribution in [0.4, 0.5) is 0 Å². The lowest BCUT2D eigenvalue weighted by molar-refractivity contribution is 0.599. The molecule has 5 heteroatoms. The number of nitrogens with zero attached hydrogens (tertiary/aromatic N) is 4. The summed E-state index contributed by atoms with van der Waals surface area (Å²) in [7, 11) is 1.99. The monoisotopic (exact) mass is 261 g/mol. The molecule has 0 atom stereocenters. The molecule has 0 bridgehead atoms. The van der Waals surface area contributed by atoms with Gasteiger partial charge in [0.05, 0.1) is 17.7 Å². The van der Waals surface area contributed by atoms with Gasteiger partial charge in [0.1, 0.15) is 0 Å². The van der Waals surface area contributed by atoms with Crippen LogP contribution in [0.5, 0.6) is 0 Å². The molecule has 0 spiro atoms. The van der Waals surface area contributed by atoms with Crippen LogP contribution >= 0.6 is 0 Å². The van der Waals surface area contributed by atoms with Crippen LogP contribution in [-0.4, -0.2) is 19.3 Å². The minimum atomic E-state index is 0.841. The van der Waals surface area contributed by atoms with Crippen LogP contribution in [0.25, 0.3) is 0 Å². The Bertz CT molecular complexity index is 538. The quantitative estimate of drug-likeness (QED) is 0.864. The zero-order chi connectivity index (χ0) is 13.8. The van der Waals surface area contributed by atoms with Gasteiger partial charge >= 0.3 is 0 Å². The van der Waals surface area contributed by atoms with Gasteiger partial charge in [0.15, 0.2) is 0 Å². The molecule has 0 aliphatic heterocycles. The van der Waals surface area contributed by atoms with Crippen molar-refractivity contribution in [1.82, 2.24) is 24.6 Å². The lowest BCUT2D eigenvalue weighted by atomic mass is 10.2. The first-order chi connectivity index (χ1) is 9.13.